The van der Waals surface area contributed by atoms with E-state index in [4.69, 9.17) is 0 Å². The molecule has 1 atom stereocenters. The van der Waals surface area contributed by atoms with E-state index >= 15 is 0 Å². The summed E-state index contributed by atoms with van der Waals surface area (Å²) in [7, 11) is 0. The maximum Gasteiger partial charge on any atom is 0.0325 e. The van der Waals surface area contributed by atoms with Crippen LogP contribution in [-0.4, -0.2) is 0 Å². The van der Waals surface area contributed by atoms with Crippen LogP contribution in [0.1, 0.15) is 48.6 Å². The van der Waals surface area contributed by atoms with Crippen molar-refractivity contribution in [1.29, 1.82) is 0 Å². The number of nitrogens with one attached hydrogen (secondary N) is 1. The van der Waals surface area contributed by atoms with Gasteiger partial charge in [-0.1, -0.05) is 62.4 Å². The van der Waals surface area contributed by atoms with Crippen LogP contribution in [0.25, 0.3) is 0 Å². The fourth-order valence-electron chi connectivity index (χ4n) is 2.85. The van der Waals surface area contributed by atoms with Crippen molar-refractivity contribution in [2.45, 2.75) is 46.7 Å². The van der Waals surface area contributed by atoms with Gasteiger partial charge in [0.15, 0.2) is 0 Å². The van der Waals surface area contributed by atoms with Gasteiger partial charge in [0.25, 0.3) is 0 Å². The summed E-state index contributed by atoms with van der Waals surface area (Å²) in [6.07, 6.45) is 1.16. The van der Waals surface area contributed by atoms with Gasteiger partial charge in [-0.2, -0.15) is 0 Å². The number of hydrogen-bond donors (Lipinski definition) is 1. The molecule has 1 nitrogen and oxygen atoms in total. The molecule has 0 bridgehead atoms. The number of rotatable bonds is 6. The highest BCUT2D eigenvalue weighted by Crippen LogP contribution is 2.22. The Morgan fingerprint density at radius 1 is 0.857 bits per heavy atom. The Labute approximate surface area is 129 Å². The highest BCUT2D eigenvalue weighted by molar-refractivity contribution is 5.33. The largest absolute Gasteiger partial charge is 0.306 e. The van der Waals surface area contributed by atoms with Gasteiger partial charge in [0.1, 0.15) is 0 Å². The minimum absolute atomic E-state index is 0.421. The lowest BCUT2D eigenvalue weighted by Crippen LogP contribution is -2.23. The lowest BCUT2D eigenvalue weighted by Gasteiger charge is -2.22. The molecule has 0 fully saturated rings. The molecule has 2 aromatic carbocycles. The molecule has 2 rings (SSSR count). The summed E-state index contributed by atoms with van der Waals surface area (Å²) in [5, 5.41) is 3.77. The molecule has 0 amide bonds. The summed E-state index contributed by atoms with van der Waals surface area (Å²) in [5.74, 6) is 0.681. The number of hydrogen-bond acceptors (Lipinski definition) is 1. The summed E-state index contributed by atoms with van der Waals surface area (Å²) in [5.41, 5.74) is 5.57. The molecule has 2 aromatic rings. The molecule has 0 saturated heterocycles. The van der Waals surface area contributed by atoms with Crippen molar-refractivity contribution in [3.05, 3.63) is 70.8 Å². The molecule has 0 aromatic heterocycles. The van der Waals surface area contributed by atoms with E-state index in [9.17, 15) is 0 Å². The van der Waals surface area contributed by atoms with Crippen molar-refractivity contribution < 1.29 is 0 Å². The first-order chi connectivity index (χ1) is 10.1. The van der Waals surface area contributed by atoms with Gasteiger partial charge in [-0.15, -0.1) is 0 Å². The molecule has 1 N–H and O–H groups in total. The number of aryl methyl sites for hydroxylation is 2. The maximum atomic E-state index is 3.77. The number of benzene rings is 2. The Morgan fingerprint density at radius 2 is 1.48 bits per heavy atom. The van der Waals surface area contributed by atoms with Gasteiger partial charge in [0.05, 0.1) is 0 Å². The van der Waals surface area contributed by atoms with Crippen molar-refractivity contribution in [3.63, 3.8) is 0 Å². The van der Waals surface area contributed by atoms with Gasteiger partial charge in [0, 0.05) is 12.6 Å². The van der Waals surface area contributed by atoms with Crippen LogP contribution in [0.2, 0.25) is 0 Å². The predicted molar refractivity (Wildman–Crippen MR) is 91.4 cm³/mol. The maximum absolute atomic E-state index is 3.77. The summed E-state index contributed by atoms with van der Waals surface area (Å²) >= 11 is 0. The van der Waals surface area contributed by atoms with Gasteiger partial charge in [-0.25, -0.2) is 0 Å². The Morgan fingerprint density at radius 3 is 2.05 bits per heavy atom. The second-order valence-corrected chi connectivity index (χ2v) is 6.34. The molecule has 112 valence electrons. The first-order valence-electron chi connectivity index (χ1n) is 7.91. The molecule has 0 aliphatic rings. The molecule has 0 aliphatic heterocycles. The molecule has 0 saturated carbocycles. The van der Waals surface area contributed by atoms with E-state index in [0.29, 0.717) is 12.0 Å². The first-order valence-corrected chi connectivity index (χ1v) is 7.91. The standard InChI is InChI=1S/C20H27N/c1-15(2)13-20(18-11-6-5-7-12-18)21-14-19-16(3)9-8-10-17(19)4/h5-12,15,20-21H,13-14H2,1-4H3. The van der Waals surface area contributed by atoms with Crippen LogP contribution in [0.3, 0.4) is 0 Å². The zero-order valence-corrected chi connectivity index (χ0v) is 13.7. The normalized spacial score (nSPS) is 12.6. The first kappa shape index (κ1) is 15.8. The van der Waals surface area contributed by atoms with Gasteiger partial charge in [-0.05, 0) is 48.4 Å². The quantitative estimate of drug-likeness (QED) is 0.769. The summed E-state index contributed by atoms with van der Waals surface area (Å²) < 4.78 is 0. The highest BCUT2D eigenvalue weighted by Gasteiger charge is 2.13. The molecule has 0 radical (unpaired) electrons. The average Bonchev–Trinajstić information content (AvgIpc) is 2.46. The van der Waals surface area contributed by atoms with E-state index in [1.165, 1.54) is 22.3 Å². The zero-order chi connectivity index (χ0) is 15.2. The minimum atomic E-state index is 0.421. The molecular weight excluding hydrogens is 254 g/mol. The van der Waals surface area contributed by atoms with Crippen molar-refractivity contribution >= 4 is 0 Å². The third-order valence-electron chi connectivity index (χ3n) is 4.08. The van der Waals surface area contributed by atoms with E-state index in [1.54, 1.807) is 0 Å². The van der Waals surface area contributed by atoms with Gasteiger partial charge in [0.2, 0.25) is 0 Å². The predicted octanol–water partition coefficient (Wildman–Crippen LogP) is 5.18. The Bertz CT molecular complexity index is 537. The highest BCUT2D eigenvalue weighted by atomic mass is 14.9. The van der Waals surface area contributed by atoms with Crippen LogP contribution in [0.15, 0.2) is 48.5 Å². The second-order valence-electron chi connectivity index (χ2n) is 6.34. The molecule has 21 heavy (non-hydrogen) atoms. The monoisotopic (exact) mass is 281 g/mol. The van der Waals surface area contributed by atoms with E-state index in [2.05, 4.69) is 81.5 Å². The fraction of sp³-hybridized carbons (Fsp3) is 0.400. The third-order valence-corrected chi connectivity index (χ3v) is 4.08. The molecule has 1 heteroatoms. The lowest BCUT2D eigenvalue weighted by atomic mass is 9.96. The summed E-state index contributed by atoms with van der Waals surface area (Å²) in [6, 6.07) is 17.7. The molecule has 0 spiro atoms. The van der Waals surface area contributed by atoms with Crippen LogP contribution in [-0.2, 0) is 6.54 Å². The van der Waals surface area contributed by atoms with E-state index in [-0.39, 0.29) is 0 Å². The van der Waals surface area contributed by atoms with Crippen molar-refractivity contribution in [3.8, 4) is 0 Å². The summed E-state index contributed by atoms with van der Waals surface area (Å²) in [4.78, 5) is 0. The molecule has 0 heterocycles. The molecular formula is C20H27N. The minimum Gasteiger partial charge on any atom is -0.306 e. The van der Waals surface area contributed by atoms with Crippen LogP contribution in [0.5, 0.6) is 0 Å². The fourth-order valence-corrected chi connectivity index (χ4v) is 2.85. The lowest BCUT2D eigenvalue weighted by molar-refractivity contribution is 0.428. The van der Waals surface area contributed by atoms with E-state index in [1.807, 2.05) is 0 Å². The van der Waals surface area contributed by atoms with Crippen molar-refractivity contribution in [2.24, 2.45) is 5.92 Å². The van der Waals surface area contributed by atoms with Crippen molar-refractivity contribution in [2.75, 3.05) is 0 Å². The van der Waals surface area contributed by atoms with Gasteiger partial charge < -0.3 is 5.32 Å². The van der Waals surface area contributed by atoms with E-state index in [0.717, 1.165) is 13.0 Å². The third kappa shape index (κ3) is 4.44. The second kappa shape index (κ2) is 7.42. The Hall–Kier alpha value is -1.60. The molecule has 1 unspecified atom stereocenters. The van der Waals surface area contributed by atoms with Crippen LogP contribution in [0, 0.1) is 19.8 Å². The summed E-state index contributed by atoms with van der Waals surface area (Å²) in [6.45, 7) is 9.91. The Kier molecular flexibility index (Phi) is 5.58. The van der Waals surface area contributed by atoms with Crippen LogP contribution in [0.4, 0.5) is 0 Å². The van der Waals surface area contributed by atoms with Crippen LogP contribution < -0.4 is 5.32 Å². The molecule has 0 aliphatic carbocycles. The smallest absolute Gasteiger partial charge is 0.0325 e. The van der Waals surface area contributed by atoms with Gasteiger partial charge in [-0.3, -0.25) is 0 Å². The van der Waals surface area contributed by atoms with Crippen LogP contribution >= 0.6 is 0 Å². The average molecular weight is 281 g/mol. The topological polar surface area (TPSA) is 12.0 Å². The van der Waals surface area contributed by atoms with E-state index < -0.39 is 0 Å². The Balaban J connectivity index is 2.13. The van der Waals surface area contributed by atoms with Gasteiger partial charge >= 0.3 is 0 Å². The SMILES string of the molecule is Cc1cccc(C)c1CNC(CC(C)C)c1ccccc1. The van der Waals surface area contributed by atoms with Crippen molar-refractivity contribution in [1.82, 2.24) is 5.32 Å². The zero-order valence-electron chi connectivity index (χ0n) is 13.7.